The van der Waals surface area contributed by atoms with Gasteiger partial charge in [-0.2, -0.15) is 0 Å². The van der Waals surface area contributed by atoms with Crippen LogP contribution in [-0.4, -0.2) is 13.2 Å². The number of fused-ring (bicyclic) bond motifs is 1. The first-order valence-corrected chi connectivity index (χ1v) is 7.55. The van der Waals surface area contributed by atoms with Crippen molar-refractivity contribution in [3.63, 3.8) is 0 Å². The number of benzene rings is 2. The summed E-state index contributed by atoms with van der Waals surface area (Å²) in [4.78, 5) is 0. The SMILES string of the molecule is CCC(Nc1ccc2c(c1)OCCO2)c1cccc(Cl)c1. The zero-order chi connectivity index (χ0) is 14.7. The fourth-order valence-corrected chi connectivity index (χ4v) is 2.68. The molecule has 0 aromatic heterocycles. The van der Waals surface area contributed by atoms with Gasteiger partial charge >= 0.3 is 0 Å². The molecule has 0 bridgehead atoms. The van der Waals surface area contributed by atoms with Crippen LogP contribution in [0.25, 0.3) is 0 Å². The third-order valence-electron chi connectivity index (χ3n) is 3.54. The number of anilines is 1. The maximum Gasteiger partial charge on any atom is 0.163 e. The molecule has 0 aliphatic carbocycles. The van der Waals surface area contributed by atoms with Gasteiger partial charge in [0.1, 0.15) is 13.2 Å². The van der Waals surface area contributed by atoms with E-state index >= 15 is 0 Å². The third-order valence-corrected chi connectivity index (χ3v) is 3.78. The highest BCUT2D eigenvalue weighted by Gasteiger charge is 2.14. The highest BCUT2D eigenvalue weighted by molar-refractivity contribution is 6.30. The van der Waals surface area contributed by atoms with Crippen LogP contribution < -0.4 is 14.8 Å². The van der Waals surface area contributed by atoms with Crippen LogP contribution in [0.1, 0.15) is 24.9 Å². The van der Waals surface area contributed by atoms with Crippen molar-refractivity contribution in [2.45, 2.75) is 19.4 Å². The average molecular weight is 304 g/mol. The normalized spacial score (nSPS) is 14.6. The Morgan fingerprint density at radius 1 is 1.10 bits per heavy atom. The molecule has 1 aliphatic heterocycles. The van der Waals surface area contributed by atoms with Gasteiger partial charge in [-0.25, -0.2) is 0 Å². The Morgan fingerprint density at radius 2 is 1.90 bits per heavy atom. The lowest BCUT2D eigenvalue weighted by Crippen LogP contribution is -2.16. The van der Waals surface area contributed by atoms with E-state index in [9.17, 15) is 0 Å². The van der Waals surface area contributed by atoms with Crippen LogP contribution in [0.15, 0.2) is 42.5 Å². The van der Waals surface area contributed by atoms with Gasteiger partial charge in [-0.3, -0.25) is 0 Å². The minimum Gasteiger partial charge on any atom is -0.486 e. The molecule has 1 atom stereocenters. The Balaban J connectivity index is 1.81. The predicted octanol–water partition coefficient (Wildman–Crippen LogP) is 4.67. The molecule has 21 heavy (non-hydrogen) atoms. The van der Waals surface area contributed by atoms with Crippen molar-refractivity contribution in [1.29, 1.82) is 0 Å². The van der Waals surface area contributed by atoms with Crippen LogP contribution >= 0.6 is 11.6 Å². The molecular formula is C17H18ClNO2. The summed E-state index contributed by atoms with van der Waals surface area (Å²) in [7, 11) is 0. The van der Waals surface area contributed by atoms with Gasteiger partial charge in [-0.15, -0.1) is 0 Å². The number of ether oxygens (including phenoxy) is 2. The van der Waals surface area contributed by atoms with Gasteiger partial charge < -0.3 is 14.8 Å². The van der Waals surface area contributed by atoms with E-state index in [1.54, 1.807) is 0 Å². The quantitative estimate of drug-likeness (QED) is 0.890. The summed E-state index contributed by atoms with van der Waals surface area (Å²) in [5.41, 5.74) is 2.20. The first-order chi connectivity index (χ1) is 10.3. The van der Waals surface area contributed by atoms with Crippen molar-refractivity contribution in [3.05, 3.63) is 53.1 Å². The lowest BCUT2D eigenvalue weighted by molar-refractivity contribution is 0.171. The Bertz CT molecular complexity index is 630. The smallest absolute Gasteiger partial charge is 0.163 e. The molecule has 2 aromatic rings. The lowest BCUT2D eigenvalue weighted by atomic mass is 10.0. The van der Waals surface area contributed by atoms with Crippen LogP contribution in [0.5, 0.6) is 11.5 Å². The molecule has 4 heteroatoms. The fraction of sp³-hybridized carbons (Fsp3) is 0.294. The predicted molar refractivity (Wildman–Crippen MR) is 85.5 cm³/mol. The molecule has 1 heterocycles. The highest BCUT2D eigenvalue weighted by Crippen LogP contribution is 2.34. The molecule has 110 valence electrons. The van der Waals surface area contributed by atoms with Gasteiger partial charge in [0.2, 0.25) is 0 Å². The van der Waals surface area contributed by atoms with Crippen molar-refractivity contribution < 1.29 is 9.47 Å². The molecule has 0 amide bonds. The molecule has 0 spiro atoms. The summed E-state index contributed by atoms with van der Waals surface area (Å²) < 4.78 is 11.2. The molecule has 2 aromatic carbocycles. The molecule has 1 unspecified atom stereocenters. The Hall–Kier alpha value is -1.87. The van der Waals surface area contributed by atoms with Gasteiger partial charge in [0.05, 0.1) is 6.04 Å². The number of hydrogen-bond acceptors (Lipinski definition) is 3. The van der Waals surface area contributed by atoms with Gasteiger partial charge in [0, 0.05) is 16.8 Å². The average Bonchev–Trinajstić information content (AvgIpc) is 2.52. The van der Waals surface area contributed by atoms with Crippen LogP contribution in [0.3, 0.4) is 0 Å². The van der Waals surface area contributed by atoms with Gasteiger partial charge in [-0.05, 0) is 36.2 Å². The third kappa shape index (κ3) is 3.24. The Kier molecular flexibility index (Phi) is 4.20. The second-order valence-electron chi connectivity index (χ2n) is 5.02. The Labute approximate surface area is 129 Å². The van der Waals surface area contributed by atoms with Crippen LogP contribution in [-0.2, 0) is 0 Å². The second kappa shape index (κ2) is 6.27. The molecule has 3 rings (SSSR count). The van der Waals surface area contributed by atoms with E-state index in [-0.39, 0.29) is 6.04 Å². The van der Waals surface area contributed by atoms with E-state index < -0.39 is 0 Å². The summed E-state index contributed by atoms with van der Waals surface area (Å²) in [6, 6.07) is 14.1. The minimum atomic E-state index is 0.214. The molecule has 1 N–H and O–H groups in total. The van der Waals surface area contributed by atoms with Crippen LogP contribution in [0, 0.1) is 0 Å². The van der Waals surface area contributed by atoms with E-state index in [1.807, 2.05) is 36.4 Å². The first-order valence-electron chi connectivity index (χ1n) is 7.18. The molecule has 0 fully saturated rings. The maximum absolute atomic E-state index is 6.08. The zero-order valence-corrected chi connectivity index (χ0v) is 12.7. The van der Waals surface area contributed by atoms with Gasteiger partial charge in [0.25, 0.3) is 0 Å². The molecule has 3 nitrogen and oxygen atoms in total. The van der Waals surface area contributed by atoms with Crippen LogP contribution in [0.2, 0.25) is 5.02 Å². The van der Waals surface area contributed by atoms with Crippen molar-refractivity contribution >= 4 is 17.3 Å². The van der Waals surface area contributed by atoms with E-state index in [0.29, 0.717) is 13.2 Å². The molecule has 0 radical (unpaired) electrons. The lowest BCUT2D eigenvalue weighted by Gasteiger charge is -2.22. The van der Waals surface area contributed by atoms with Gasteiger partial charge in [-0.1, -0.05) is 30.7 Å². The topological polar surface area (TPSA) is 30.5 Å². The molecular weight excluding hydrogens is 286 g/mol. The fourth-order valence-electron chi connectivity index (χ4n) is 2.48. The minimum absolute atomic E-state index is 0.214. The summed E-state index contributed by atoms with van der Waals surface area (Å²) in [6.07, 6.45) is 0.967. The van der Waals surface area contributed by atoms with E-state index in [2.05, 4.69) is 18.3 Å². The largest absolute Gasteiger partial charge is 0.486 e. The summed E-state index contributed by atoms with van der Waals surface area (Å²) in [6.45, 7) is 3.36. The summed E-state index contributed by atoms with van der Waals surface area (Å²) in [5, 5.41) is 4.29. The van der Waals surface area contributed by atoms with Crippen LogP contribution in [0.4, 0.5) is 5.69 Å². The van der Waals surface area contributed by atoms with E-state index in [4.69, 9.17) is 21.1 Å². The summed E-state index contributed by atoms with van der Waals surface area (Å²) >= 11 is 6.08. The van der Waals surface area contributed by atoms with Crippen molar-refractivity contribution in [2.75, 3.05) is 18.5 Å². The number of rotatable bonds is 4. The number of halogens is 1. The van der Waals surface area contributed by atoms with E-state index in [0.717, 1.165) is 28.6 Å². The zero-order valence-electron chi connectivity index (χ0n) is 11.9. The standard InChI is InChI=1S/C17H18ClNO2/c1-2-15(12-4-3-5-13(18)10-12)19-14-6-7-16-17(11-14)21-9-8-20-16/h3-7,10-11,15,19H,2,8-9H2,1H3. The number of hydrogen-bond donors (Lipinski definition) is 1. The van der Waals surface area contributed by atoms with Crippen molar-refractivity contribution in [1.82, 2.24) is 0 Å². The second-order valence-corrected chi connectivity index (χ2v) is 5.46. The first kappa shape index (κ1) is 14.1. The molecule has 0 saturated carbocycles. The van der Waals surface area contributed by atoms with Crippen molar-refractivity contribution in [2.24, 2.45) is 0 Å². The molecule has 0 saturated heterocycles. The maximum atomic E-state index is 6.08. The van der Waals surface area contributed by atoms with E-state index in [1.165, 1.54) is 5.56 Å². The number of nitrogens with one attached hydrogen (secondary N) is 1. The van der Waals surface area contributed by atoms with Crippen molar-refractivity contribution in [3.8, 4) is 11.5 Å². The highest BCUT2D eigenvalue weighted by atomic mass is 35.5. The summed E-state index contributed by atoms with van der Waals surface area (Å²) in [5.74, 6) is 1.61. The molecule has 1 aliphatic rings. The van der Waals surface area contributed by atoms with Gasteiger partial charge in [0.15, 0.2) is 11.5 Å². The Morgan fingerprint density at radius 3 is 2.67 bits per heavy atom. The monoisotopic (exact) mass is 303 g/mol.